The van der Waals surface area contributed by atoms with E-state index in [2.05, 4.69) is 32.4 Å². The molecule has 2 rings (SSSR count). The van der Waals surface area contributed by atoms with Crippen molar-refractivity contribution in [3.05, 3.63) is 28.1 Å². The summed E-state index contributed by atoms with van der Waals surface area (Å²) in [5.41, 5.74) is 3.94. The minimum Gasteiger partial charge on any atom is -0.376 e. The molecule has 3 N–H and O–H groups in total. The third kappa shape index (κ3) is 3.29. The van der Waals surface area contributed by atoms with E-state index < -0.39 is 0 Å². The molecule has 104 valence electrons. The quantitative estimate of drug-likeness (QED) is 0.760. The van der Waals surface area contributed by atoms with E-state index in [1.807, 2.05) is 13.8 Å². The molecular weight excluding hydrogens is 262 g/mol. The lowest BCUT2D eigenvalue weighted by molar-refractivity contribution is 0.760. The highest BCUT2D eigenvalue weighted by atomic mass is 35.5. The maximum atomic E-state index is 6.14. The Morgan fingerprint density at radius 2 is 2.11 bits per heavy atom. The van der Waals surface area contributed by atoms with E-state index in [1.165, 1.54) is 0 Å². The highest BCUT2D eigenvalue weighted by Gasteiger charge is 2.10. The molecule has 0 aliphatic rings. The first kappa shape index (κ1) is 13.9. The van der Waals surface area contributed by atoms with E-state index in [4.69, 9.17) is 11.6 Å². The van der Waals surface area contributed by atoms with Crippen molar-refractivity contribution in [3.63, 3.8) is 0 Å². The molecule has 6 heteroatoms. The van der Waals surface area contributed by atoms with Crippen molar-refractivity contribution < 1.29 is 0 Å². The topological polar surface area (TPSA) is 69.4 Å². The lowest BCUT2D eigenvalue weighted by atomic mass is 10.2. The first-order chi connectivity index (χ1) is 9.11. The Balaban J connectivity index is 2.01. The highest BCUT2D eigenvalue weighted by Crippen LogP contribution is 2.19. The molecule has 0 saturated heterocycles. The molecule has 2 aromatic heterocycles. The van der Waals surface area contributed by atoms with Crippen LogP contribution in [-0.2, 0) is 13.0 Å². The average molecular weight is 282 g/mol. The van der Waals surface area contributed by atoms with Crippen LogP contribution >= 0.6 is 11.6 Å². The summed E-state index contributed by atoms with van der Waals surface area (Å²) in [6.45, 7) is 6.74. The number of nitrogens with zero attached hydrogens (tertiary/aromatic N) is 2. The van der Waals surface area contributed by atoms with Gasteiger partial charge in [-0.25, -0.2) is 4.98 Å². The number of H-pyrrole nitrogens is 2. The molecule has 0 aromatic carbocycles. The summed E-state index contributed by atoms with van der Waals surface area (Å²) in [5.74, 6) is 0.962. The van der Waals surface area contributed by atoms with Gasteiger partial charge >= 0.3 is 0 Å². The van der Waals surface area contributed by atoms with Gasteiger partial charge in [-0.15, -0.1) is 0 Å². The average Bonchev–Trinajstić information content (AvgIpc) is 2.89. The fraction of sp³-hybridized carbons (Fsp3) is 0.538. The highest BCUT2D eigenvalue weighted by molar-refractivity contribution is 6.30. The van der Waals surface area contributed by atoms with Crippen molar-refractivity contribution in [3.8, 4) is 0 Å². The Bertz CT molecular complexity index is 524. The standard InChI is InChI=1S/C13H20ClN5/c1-4-5-6-11-16-10(13(14)17-11)7-15-12-8(2)18-19-9(12)3/h15H,4-7H2,1-3H3,(H,16,17)(H,18,19). The number of unbranched alkanes of at least 4 members (excludes halogenated alkanes) is 1. The Kier molecular flexibility index (Phi) is 4.47. The largest absolute Gasteiger partial charge is 0.376 e. The van der Waals surface area contributed by atoms with Crippen molar-refractivity contribution in [1.29, 1.82) is 0 Å². The summed E-state index contributed by atoms with van der Waals surface area (Å²) >= 11 is 6.14. The van der Waals surface area contributed by atoms with E-state index in [1.54, 1.807) is 0 Å². The lowest BCUT2D eigenvalue weighted by Crippen LogP contribution is -2.02. The molecule has 0 atom stereocenters. The molecule has 19 heavy (non-hydrogen) atoms. The zero-order chi connectivity index (χ0) is 13.8. The van der Waals surface area contributed by atoms with Gasteiger partial charge in [0, 0.05) is 6.42 Å². The second-order valence-electron chi connectivity index (χ2n) is 4.72. The smallest absolute Gasteiger partial charge is 0.152 e. The van der Waals surface area contributed by atoms with Crippen LogP contribution < -0.4 is 5.32 Å². The summed E-state index contributed by atoms with van der Waals surface area (Å²) < 4.78 is 0. The van der Waals surface area contributed by atoms with Crippen molar-refractivity contribution >= 4 is 17.3 Å². The van der Waals surface area contributed by atoms with Gasteiger partial charge in [-0.3, -0.25) is 5.10 Å². The van der Waals surface area contributed by atoms with Crippen LogP contribution in [0.3, 0.4) is 0 Å². The van der Waals surface area contributed by atoms with Crippen LogP contribution in [-0.4, -0.2) is 20.2 Å². The van der Waals surface area contributed by atoms with Crippen molar-refractivity contribution in [2.45, 2.75) is 46.6 Å². The minimum atomic E-state index is 0.553. The number of aromatic nitrogens is 4. The molecule has 0 radical (unpaired) electrons. The normalized spacial score (nSPS) is 10.9. The zero-order valence-electron chi connectivity index (χ0n) is 11.6. The minimum absolute atomic E-state index is 0.553. The molecule has 0 aliphatic heterocycles. The van der Waals surface area contributed by atoms with E-state index in [9.17, 15) is 0 Å². The number of hydrogen-bond acceptors (Lipinski definition) is 3. The van der Waals surface area contributed by atoms with E-state index in [0.29, 0.717) is 11.7 Å². The van der Waals surface area contributed by atoms with E-state index in [0.717, 1.165) is 47.9 Å². The van der Waals surface area contributed by atoms with Crippen molar-refractivity contribution in [2.75, 3.05) is 5.32 Å². The Morgan fingerprint density at radius 1 is 1.32 bits per heavy atom. The van der Waals surface area contributed by atoms with Crippen molar-refractivity contribution in [2.24, 2.45) is 0 Å². The van der Waals surface area contributed by atoms with Gasteiger partial charge in [0.25, 0.3) is 0 Å². The fourth-order valence-electron chi connectivity index (χ4n) is 2.01. The summed E-state index contributed by atoms with van der Waals surface area (Å²) in [6.07, 6.45) is 3.22. The molecule has 0 saturated carbocycles. The number of aromatic amines is 2. The molecule has 5 nitrogen and oxygen atoms in total. The number of hydrogen-bond donors (Lipinski definition) is 3. The van der Waals surface area contributed by atoms with E-state index in [-0.39, 0.29) is 0 Å². The van der Waals surface area contributed by atoms with Gasteiger partial charge in [0.15, 0.2) is 5.15 Å². The Morgan fingerprint density at radius 3 is 2.74 bits per heavy atom. The second-order valence-corrected chi connectivity index (χ2v) is 5.08. The van der Waals surface area contributed by atoms with Crippen LogP contribution in [0.5, 0.6) is 0 Å². The summed E-state index contributed by atoms with van der Waals surface area (Å²) in [5, 5.41) is 11.0. The van der Waals surface area contributed by atoms with Gasteiger partial charge in [-0.1, -0.05) is 24.9 Å². The van der Waals surface area contributed by atoms with E-state index >= 15 is 0 Å². The number of rotatable bonds is 6. The summed E-state index contributed by atoms with van der Waals surface area (Å²) in [6, 6.07) is 0. The molecule has 0 spiro atoms. The van der Waals surface area contributed by atoms with Gasteiger partial charge in [0.1, 0.15) is 5.82 Å². The van der Waals surface area contributed by atoms with Crippen LogP contribution in [0.2, 0.25) is 5.15 Å². The number of aryl methyl sites for hydroxylation is 3. The SMILES string of the molecule is CCCCc1nc(Cl)c(CNc2c(C)n[nH]c2C)[nH]1. The number of anilines is 1. The summed E-state index contributed by atoms with van der Waals surface area (Å²) in [4.78, 5) is 7.62. The van der Waals surface area contributed by atoms with Crippen LogP contribution in [0.15, 0.2) is 0 Å². The van der Waals surface area contributed by atoms with Crippen LogP contribution in [0.4, 0.5) is 5.69 Å². The number of halogens is 1. The molecule has 0 fully saturated rings. The molecule has 2 aromatic rings. The lowest BCUT2D eigenvalue weighted by Gasteiger charge is -2.04. The van der Waals surface area contributed by atoms with Gasteiger partial charge in [-0.05, 0) is 20.3 Å². The maximum absolute atomic E-state index is 6.14. The molecular formula is C13H20ClN5. The van der Waals surface area contributed by atoms with Crippen molar-refractivity contribution in [1.82, 2.24) is 20.2 Å². The van der Waals surface area contributed by atoms with Gasteiger partial charge in [0.05, 0.1) is 29.3 Å². The molecule has 0 amide bonds. The van der Waals surface area contributed by atoms with Gasteiger partial charge in [0.2, 0.25) is 0 Å². The van der Waals surface area contributed by atoms with Crippen LogP contribution in [0.1, 0.15) is 42.7 Å². The molecule has 2 heterocycles. The maximum Gasteiger partial charge on any atom is 0.152 e. The molecule has 0 bridgehead atoms. The van der Waals surface area contributed by atoms with Gasteiger partial charge < -0.3 is 10.3 Å². The Hall–Kier alpha value is -1.49. The predicted octanol–water partition coefficient (Wildman–Crippen LogP) is 3.36. The van der Waals surface area contributed by atoms with Crippen LogP contribution in [0.25, 0.3) is 0 Å². The Labute approximate surface area is 118 Å². The van der Waals surface area contributed by atoms with Gasteiger partial charge in [-0.2, -0.15) is 5.10 Å². The number of imidazole rings is 1. The predicted molar refractivity (Wildman–Crippen MR) is 77.6 cm³/mol. The van der Waals surface area contributed by atoms with Crippen LogP contribution in [0, 0.1) is 13.8 Å². The zero-order valence-corrected chi connectivity index (χ0v) is 12.4. The molecule has 0 unspecified atom stereocenters. The number of nitrogens with one attached hydrogen (secondary N) is 3. The third-order valence-electron chi connectivity index (χ3n) is 3.11. The first-order valence-electron chi connectivity index (χ1n) is 6.60. The third-order valence-corrected chi connectivity index (χ3v) is 3.43. The summed E-state index contributed by atoms with van der Waals surface area (Å²) in [7, 11) is 0. The fourth-order valence-corrected chi connectivity index (χ4v) is 2.22. The molecule has 0 aliphatic carbocycles. The second kappa shape index (κ2) is 6.10. The monoisotopic (exact) mass is 281 g/mol. The first-order valence-corrected chi connectivity index (χ1v) is 6.98.